The highest BCUT2D eigenvalue weighted by atomic mass is 32.2. The summed E-state index contributed by atoms with van der Waals surface area (Å²) < 4.78 is 6.55. The highest BCUT2D eigenvalue weighted by molar-refractivity contribution is 7.99. The van der Waals surface area contributed by atoms with Crippen LogP contribution in [0, 0.1) is 6.92 Å². The zero-order valence-corrected chi connectivity index (χ0v) is 20.3. The molecule has 3 rings (SSSR count). The van der Waals surface area contributed by atoms with Crippen LogP contribution in [0.4, 0.5) is 5.69 Å². The van der Waals surface area contributed by atoms with Crippen LogP contribution >= 0.6 is 11.8 Å². The molecule has 3 aromatic rings. The number of hydrogen-bond acceptors (Lipinski definition) is 7. The maximum absolute atomic E-state index is 12.7. The Hall–Kier alpha value is -3.66. The molecule has 0 aliphatic rings. The van der Waals surface area contributed by atoms with E-state index in [0.29, 0.717) is 34.3 Å². The minimum atomic E-state index is -0.438. The number of aryl methyl sites for hydroxylation is 1. The topological polar surface area (TPSA) is 115 Å². The van der Waals surface area contributed by atoms with Crippen LogP contribution in [0.1, 0.15) is 52.0 Å². The molecule has 0 spiro atoms. The van der Waals surface area contributed by atoms with Crippen molar-refractivity contribution in [3.05, 3.63) is 71.0 Å². The lowest BCUT2D eigenvalue weighted by Gasteiger charge is -2.16. The summed E-state index contributed by atoms with van der Waals surface area (Å²) in [4.78, 5) is 36.6. The van der Waals surface area contributed by atoms with Gasteiger partial charge in [0.15, 0.2) is 11.0 Å². The highest BCUT2D eigenvalue weighted by Gasteiger charge is 2.20. The molecule has 2 amide bonds. The molecule has 0 aliphatic carbocycles. The standard InChI is InChI=1S/C24H27N5O4S/c1-5-29-21(16(3)25-22(31)19-9-7-6-8-15(19)2)27-28-24(29)34-14-20(30)26-18-12-10-17(11-13-18)23(32)33-4/h6-13,16H,5,14H2,1-4H3,(H,25,31)(H,26,30)/t16-/m1/s1. The molecule has 34 heavy (non-hydrogen) atoms. The van der Waals surface area contributed by atoms with Crippen molar-refractivity contribution in [2.24, 2.45) is 0 Å². The maximum atomic E-state index is 12.7. The number of amides is 2. The quantitative estimate of drug-likeness (QED) is 0.354. The number of anilines is 1. The van der Waals surface area contributed by atoms with Gasteiger partial charge in [-0.25, -0.2) is 4.79 Å². The number of carbonyl (C=O) groups is 3. The fourth-order valence-corrected chi connectivity index (χ4v) is 4.14. The normalized spacial score (nSPS) is 11.5. The van der Waals surface area contributed by atoms with Crippen LogP contribution in [0.3, 0.4) is 0 Å². The molecule has 10 heteroatoms. The average Bonchev–Trinajstić information content (AvgIpc) is 3.26. The van der Waals surface area contributed by atoms with Gasteiger partial charge >= 0.3 is 5.97 Å². The molecule has 0 fully saturated rings. The van der Waals surface area contributed by atoms with E-state index in [1.807, 2.05) is 43.5 Å². The van der Waals surface area contributed by atoms with Gasteiger partial charge in [-0.05, 0) is 56.7 Å². The van der Waals surface area contributed by atoms with E-state index in [9.17, 15) is 14.4 Å². The average molecular weight is 482 g/mol. The van der Waals surface area contributed by atoms with E-state index in [0.717, 1.165) is 5.56 Å². The van der Waals surface area contributed by atoms with Gasteiger partial charge in [0.2, 0.25) is 5.91 Å². The van der Waals surface area contributed by atoms with Crippen molar-refractivity contribution < 1.29 is 19.1 Å². The van der Waals surface area contributed by atoms with Crippen LogP contribution in [0.25, 0.3) is 0 Å². The molecule has 0 saturated heterocycles. The molecular formula is C24H27N5O4S. The fourth-order valence-electron chi connectivity index (χ4n) is 3.33. The van der Waals surface area contributed by atoms with Gasteiger partial charge in [-0.2, -0.15) is 0 Å². The Balaban J connectivity index is 1.60. The zero-order valence-electron chi connectivity index (χ0n) is 19.5. The molecular weight excluding hydrogens is 454 g/mol. The summed E-state index contributed by atoms with van der Waals surface area (Å²) in [5.74, 6) is -0.0916. The minimum Gasteiger partial charge on any atom is -0.465 e. The van der Waals surface area contributed by atoms with Crippen molar-refractivity contribution in [1.29, 1.82) is 0 Å². The first-order valence-electron chi connectivity index (χ1n) is 10.7. The summed E-state index contributed by atoms with van der Waals surface area (Å²) in [7, 11) is 1.31. The number of benzene rings is 2. The molecule has 1 heterocycles. The van der Waals surface area contributed by atoms with E-state index < -0.39 is 5.97 Å². The van der Waals surface area contributed by atoms with Crippen molar-refractivity contribution in [3.8, 4) is 0 Å². The Morgan fingerprint density at radius 1 is 1.09 bits per heavy atom. The Bertz CT molecular complexity index is 1180. The summed E-state index contributed by atoms with van der Waals surface area (Å²) in [6, 6.07) is 13.5. The van der Waals surface area contributed by atoms with Gasteiger partial charge in [0.1, 0.15) is 0 Å². The van der Waals surface area contributed by atoms with Gasteiger partial charge < -0.3 is 19.9 Å². The second kappa shape index (κ2) is 11.5. The van der Waals surface area contributed by atoms with Crippen LogP contribution in [0.2, 0.25) is 0 Å². The van der Waals surface area contributed by atoms with E-state index in [2.05, 4.69) is 25.6 Å². The highest BCUT2D eigenvalue weighted by Crippen LogP contribution is 2.21. The molecule has 9 nitrogen and oxygen atoms in total. The van der Waals surface area contributed by atoms with Crippen LogP contribution in [-0.4, -0.2) is 45.4 Å². The van der Waals surface area contributed by atoms with Crippen molar-refractivity contribution in [2.45, 2.75) is 38.5 Å². The molecule has 0 unspecified atom stereocenters. The molecule has 2 aromatic carbocycles. The molecule has 178 valence electrons. The van der Waals surface area contributed by atoms with Crippen molar-refractivity contribution >= 4 is 35.2 Å². The Kier molecular flexibility index (Phi) is 8.42. The lowest BCUT2D eigenvalue weighted by molar-refractivity contribution is -0.113. The molecule has 2 N–H and O–H groups in total. The Morgan fingerprint density at radius 3 is 2.44 bits per heavy atom. The first kappa shape index (κ1) is 25.0. The third kappa shape index (κ3) is 6.02. The number of rotatable bonds is 9. The molecule has 1 aromatic heterocycles. The van der Waals surface area contributed by atoms with Gasteiger partial charge in [0, 0.05) is 17.8 Å². The second-order valence-electron chi connectivity index (χ2n) is 7.50. The minimum absolute atomic E-state index is 0.126. The summed E-state index contributed by atoms with van der Waals surface area (Å²) in [5, 5.41) is 14.8. The number of ether oxygens (including phenoxy) is 1. The van der Waals surface area contributed by atoms with Gasteiger partial charge in [0.25, 0.3) is 5.91 Å². The molecule has 0 saturated carbocycles. The van der Waals surface area contributed by atoms with E-state index in [1.54, 1.807) is 30.3 Å². The largest absolute Gasteiger partial charge is 0.465 e. The lowest BCUT2D eigenvalue weighted by Crippen LogP contribution is -2.29. The summed E-state index contributed by atoms with van der Waals surface area (Å²) in [6.45, 7) is 6.29. The van der Waals surface area contributed by atoms with Crippen molar-refractivity contribution in [2.75, 3.05) is 18.2 Å². The number of nitrogens with one attached hydrogen (secondary N) is 2. The van der Waals surface area contributed by atoms with Gasteiger partial charge in [0.05, 0.1) is 24.5 Å². The first-order chi connectivity index (χ1) is 16.3. The molecule has 0 aliphatic heterocycles. The summed E-state index contributed by atoms with van der Waals surface area (Å²) in [5.41, 5.74) is 2.49. The van der Waals surface area contributed by atoms with Crippen molar-refractivity contribution in [3.63, 3.8) is 0 Å². The lowest BCUT2D eigenvalue weighted by atomic mass is 10.1. The fraction of sp³-hybridized carbons (Fsp3) is 0.292. The van der Waals surface area contributed by atoms with E-state index in [-0.39, 0.29) is 23.6 Å². The number of aromatic nitrogens is 3. The predicted molar refractivity (Wildman–Crippen MR) is 130 cm³/mol. The number of thioether (sulfide) groups is 1. The third-order valence-corrected chi connectivity index (χ3v) is 6.08. The monoisotopic (exact) mass is 481 g/mol. The SMILES string of the molecule is CCn1c(SCC(=O)Nc2ccc(C(=O)OC)cc2)nnc1[C@@H](C)NC(=O)c1ccccc1C. The van der Waals surface area contributed by atoms with Gasteiger partial charge in [-0.15, -0.1) is 10.2 Å². The summed E-state index contributed by atoms with van der Waals surface area (Å²) >= 11 is 1.26. The second-order valence-corrected chi connectivity index (χ2v) is 8.44. The number of hydrogen-bond donors (Lipinski definition) is 2. The van der Waals surface area contributed by atoms with Crippen LogP contribution in [-0.2, 0) is 16.1 Å². The van der Waals surface area contributed by atoms with Gasteiger partial charge in [-0.1, -0.05) is 30.0 Å². The Morgan fingerprint density at radius 2 is 1.79 bits per heavy atom. The molecule has 1 atom stereocenters. The number of methoxy groups -OCH3 is 1. The predicted octanol–water partition coefficient (Wildman–Crippen LogP) is 3.61. The van der Waals surface area contributed by atoms with Crippen molar-refractivity contribution in [1.82, 2.24) is 20.1 Å². The smallest absolute Gasteiger partial charge is 0.337 e. The molecule has 0 radical (unpaired) electrons. The molecule has 0 bridgehead atoms. The zero-order chi connectivity index (χ0) is 24.7. The number of nitrogens with zero attached hydrogens (tertiary/aromatic N) is 3. The van der Waals surface area contributed by atoms with Crippen LogP contribution in [0.15, 0.2) is 53.7 Å². The number of carbonyl (C=O) groups excluding carboxylic acids is 3. The van der Waals surface area contributed by atoms with Crippen LogP contribution < -0.4 is 10.6 Å². The number of esters is 1. The first-order valence-corrected chi connectivity index (χ1v) is 11.7. The maximum Gasteiger partial charge on any atom is 0.337 e. The third-order valence-electron chi connectivity index (χ3n) is 5.11. The Labute approximate surface area is 202 Å². The van der Waals surface area contributed by atoms with Crippen LogP contribution in [0.5, 0.6) is 0 Å². The summed E-state index contributed by atoms with van der Waals surface area (Å²) in [6.07, 6.45) is 0. The van der Waals surface area contributed by atoms with E-state index in [1.165, 1.54) is 18.9 Å². The van der Waals surface area contributed by atoms with E-state index >= 15 is 0 Å². The van der Waals surface area contributed by atoms with E-state index in [4.69, 9.17) is 0 Å². The van der Waals surface area contributed by atoms with Gasteiger partial charge in [-0.3, -0.25) is 9.59 Å².